The van der Waals surface area contributed by atoms with E-state index in [1.54, 1.807) is 51.1 Å². The summed E-state index contributed by atoms with van der Waals surface area (Å²) < 4.78 is 5.41. The van der Waals surface area contributed by atoms with Crippen molar-refractivity contribution in [1.82, 2.24) is 20.9 Å². The maximum atomic E-state index is 14.0. The van der Waals surface area contributed by atoms with E-state index >= 15 is 0 Å². The number of carbonyl (C=O) groups is 6. The molecule has 2 fully saturated rings. The zero-order chi connectivity index (χ0) is 33.9. The van der Waals surface area contributed by atoms with Gasteiger partial charge in [-0.25, -0.2) is 4.79 Å². The molecule has 1 saturated carbocycles. The third kappa shape index (κ3) is 8.82. The molecule has 5 amide bonds. The third-order valence-corrected chi connectivity index (χ3v) is 8.44. The second-order valence-electron chi connectivity index (χ2n) is 14.6. The number of anilines is 1. The number of rotatable bonds is 11. The number of ketones is 1. The number of nitrogens with one attached hydrogen (secondary N) is 4. The van der Waals surface area contributed by atoms with Gasteiger partial charge >= 0.3 is 6.09 Å². The van der Waals surface area contributed by atoms with E-state index in [0.717, 1.165) is 0 Å². The monoisotopic (exact) mass is 627 g/mol. The molecule has 1 aromatic carbocycles. The Labute approximate surface area is 265 Å². The van der Waals surface area contributed by atoms with Gasteiger partial charge in [-0.3, -0.25) is 24.0 Å². The molecule has 1 aromatic rings. The van der Waals surface area contributed by atoms with Crippen molar-refractivity contribution in [3.05, 3.63) is 30.3 Å². The van der Waals surface area contributed by atoms with Gasteiger partial charge in [-0.05, 0) is 62.0 Å². The second-order valence-corrected chi connectivity index (χ2v) is 14.6. The molecule has 0 bridgehead atoms. The van der Waals surface area contributed by atoms with E-state index < -0.39 is 71.2 Å². The Morgan fingerprint density at radius 1 is 0.978 bits per heavy atom. The van der Waals surface area contributed by atoms with Crippen molar-refractivity contribution in [2.24, 2.45) is 22.7 Å². The van der Waals surface area contributed by atoms with Crippen LogP contribution in [0, 0.1) is 22.7 Å². The van der Waals surface area contributed by atoms with Crippen molar-refractivity contribution >= 4 is 41.2 Å². The van der Waals surface area contributed by atoms with E-state index in [2.05, 4.69) is 21.3 Å². The molecule has 45 heavy (non-hydrogen) atoms. The molecule has 12 nitrogen and oxygen atoms in total. The van der Waals surface area contributed by atoms with Gasteiger partial charge in [-0.1, -0.05) is 66.2 Å². The zero-order valence-electron chi connectivity index (χ0n) is 27.9. The van der Waals surface area contributed by atoms with Gasteiger partial charge in [0.1, 0.15) is 17.7 Å². The fourth-order valence-electron chi connectivity index (χ4n) is 6.00. The number of alkyl carbamates (subject to hydrolysis) is 1. The lowest BCUT2D eigenvalue weighted by Crippen LogP contribution is -2.60. The summed E-state index contributed by atoms with van der Waals surface area (Å²) in [6, 6.07) is 5.67. The van der Waals surface area contributed by atoms with Crippen LogP contribution in [-0.4, -0.2) is 77.2 Å². The molecule has 1 aliphatic carbocycles. The molecule has 1 saturated heterocycles. The molecule has 1 heterocycles. The summed E-state index contributed by atoms with van der Waals surface area (Å²) in [7, 11) is 0. The van der Waals surface area contributed by atoms with Crippen LogP contribution in [0.1, 0.15) is 75.2 Å². The first-order chi connectivity index (χ1) is 20.8. The normalized spacial score (nSPS) is 21.4. The van der Waals surface area contributed by atoms with Crippen LogP contribution in [0.4, 0.5) is 10.5 Å². The standard InChI is InChI=1S/C33H49N5O7/c1-10-14-21(25(40)28(42)34-17-22(39)35-19-15-12-11-13-16-19)36-27(41)24-23-20(33(23,8)9)18-38(24)29(43)26(31(2,3)4)37-30(44)45-32(5,6)7/h11-13,15-16,20-21,23-24,26H,10,14,17-18H2,1-9H3,(H,34,42)(H,35,39)(H,36,41)(H,37,44)/t20-,21-,23-,24-,26?/m0/s1. The number of benzene rings is 1. The van der Waals surface area contributed by atoms with E-state index in [1.165, 1.54) is 4.90 Å². The van der Waals surface area contributed by atoms with Crippen molar-refractivity contribution in [3.8, 4) is 0 Å². The second kappa shape index (κ2) is 13.6. The lowest BCUT2D eigenvalue weighted by molar-refractivity contribution is -0.145. The molecule has 5 atom stereocenters. The molecular weight excluding hydrogens is 578 g/mol. The maximum absolute atomic E-state index is 14.0. The summed E-state index contributed by atoms with van der Waals surface area (Å²) >= 11 is 0. The van der Waals surface area contributed by atoms with Crippen molar-refractivity contribution in [2.45, 2.75) is 98.9 Å². The van der Waals surface area contributed by atoms with Gasteiger partial charge in [0, 0.05) is 12.2 Å². The molecule has 1 unspecified atom stereocenters. The molecular formula is C33H49N5O7. The Bertz CT molecular complexity index is 1300. The Kier molecular flexibility index (Phi) is 10.7. The van der Waals surface area contributed by atoms with Crippen LogP contribution in [0.2, 0.25) is 0 Å². The van der Waals surface area contributed by atoms with E-state index in [-0.39, 0.29) is 23.7 Å². The molecule has 0 spiro atoms. The van der Waals surface area contributed by atoms with Gasteiger partial charge < -0.3 is 30.9 Å². The number of hydrogen-bond acceptors (Lipinski definition) is 7. The Balaban J connectivity index is 1.73. The number of para-hydroxylation sites is 1. The molecule has 1 aliphatic heterocycles. The minimum Gasteiger partial charge on any atom is -0.444 e. The number of piperidine rings is 1. The van der Waals surface area contributed by atoms with Gasteiger partial charge in [-0.2, -0.15) is 0 Å². The van der Waals surface area contributed by atoms with Gasteiger partial charge in [0.2, 0.25) is 23.5 Å². The highest BCUT2D eigenvalue weighted by molar-refractivity contribution is 6.38. The van der Waals surface area contributed by atoms with E-state index in [1.807, 2.05) is 41.5 Å². The first kappa shape index (κ1) is 35.5. The smallest absolute Gasteiger partial charge is 0.408 e. The highest BCUT2D eigenvalue weighted by Gasteiger charge is 2.70. The number of carbonyl (C=O) groups excluding carboxylic acids is 6. The highest BCUT2D eigenvalue weighted by atomic mass is 16.6. The summed E-state index contributed by atoms with van der Waals surface area (Å²) in [4.78, 5) is 80.3. The molecule has 0 aromatic heterocycles. The fourth-order valence-corrected chi connectivity index (χ4v) is 6.00. The van der Waals surface area contributed by atoms with Crippen LogP contribution in [-0.2, 0) is 28.7 Å². The average Bonchev–Trinajstić information content (AvgIpc) is 3.25. The molecule has 4 N–H and O–H groups in total. The number of Topliss-reactive ketones (excluding diaryl/α,β-unsaturated/α-hetero) is 1. The van der Waals surface area contributed by atoms with Gasteiger partial charge in [0.25, 0.3) is 5.91 Å². The lowest BCUT2D eigenvalue weighted by Gasteiger charge is -2.38. The SMILES string of the molecule is CCC[C@H](NC(=O)[C@@H]1[C@@H]2[C@H](CN1C(=O)C(NC(=O)OC(C)(C)C)C(C)(C)C)C2(C)C)C(=O)C(=O)NCC(=O)Nc1ccccc1. The molecule has 248 valence electrons. The van der Waals surface area contributed by atoms with E-state index in [9.17, 15) is 28.8 Å². The summed E-state index contributed by atoms with van der Waals surface area (Å²) in [5.74, 6) is -3.42. The van der Waals surface area contributed by atoms with E-state index in [0.29, 0.717) is 18.7 Å². The number of ether oxygens (including phenoxy) is 1. The van der Waals surface area contributed by atoms with Crippen molar-refractivity contribution in [2.75, 3.05) is 18.4 Å². The minimum absolute atomic E-state index is 0.0612. The molecule has 0 radical (unpaired) electrons. The Morgan fingerprint density at radius 2 is 1.60 bits per heavy atom. The Morgan fingerprint density at radius 3 is 2.16 bits per heavy atom. The maximum Gasteiger partial charge on any atom is 0.408 e. The van der Waals surface area contributed by atoms with Crippen molar-refractivity contribution < 1.29 is 33.5 Å². The zero-order valence-corrected chi connectivity index (χ0v) is 27.9. The first-order valence-corrected chi connectivity index (χ1v) is 15.5. The summed E-state index contributed by atoms with van der Waals surface area (Å²) in [6.45, 7) is 16.4. The van der Waals surface area contributed by atoms with Crippen molar-refractivity contribution in [1.29, 1.82) is 0 Å². The predicted octanol–water partition coefficient (Wildman–Crippen LogP) is 3.02. The summed E-state index contributed by atoms with van der Waals surface area (Å²) in [5, 5.41) is 10.4. The van der Waals surface area contributed by atoms with Gasteiger partial charge in [-0.15, -0.1) is 0 Å². The fraction of sp³-hybridized carbons (Fsp3) is 0.636. The first-order valence-electron chi connectivity index (χ1n) is 15.5. The molecule has 2 aliphatic rings. The number of likely N-dealkylation sites (tertiary alicyclic amines) is 1. The number of fused-ring (bicyclic) bond motifs is 1. The minimum atomic E-state index is -1.14. The lowest BCUT2D eigenvalue weighted by atomic mass is 9.85. The molecule has 12 heteroatoms. The number of nitrogens with zero attached hydrogens (tertiary/aromatic N) is 1. The number of amides is 5. The summed E-state index contributed by atoms with van der Waals surface area (Å²) in [5.41, 5.74) is -1.13. The van der Waals surface area contributed by atoms with Gasteiger partial charge in [0.15, 0.2) is 0 Å². The number of hydrogen-bond donors (Lipinski definition) is 4. The van der Waals surface area contributed by atoms with Crippen LogP contribution in [0.25, 0.3) is 0 Å². The van der Waals surface area contributed by atoms with Crippen LogP contribution in [0.15, 0.2) is 30.3 Å². The largest absolute Gasteiger partial charge is 0.444 e. The van der Waals surface area contributed by atoms with Crippen LogP contribution in [0.5, 0.6) is 0 Å². The Hall–Kier alpha value is -3.96. The third-order valence-electron chi connectivity index (χ3n) is 8.44. The summed E-state index contributed by atoms with van der Waals surface area (Å²) in [6.07, 6.45) is -0.0506. The predicted molar refractivity (Wildman–Crippen MR) is 169 cm³/mol. The topological polar surface area (TPSA) is 163 Å². The van der Waals surface area contributed by atoms with Gasteiger partial charge in [0.05, 0.1) is 12.6 Å². The quantitative estimate of drug-likeness (QED) is 0.274. The highest BCUT2D eigenvalue weighted by Crippen LogP contribution is 2.65. The van der Waals surface area contributed by atoms with Crippen LogP contribution >= 0.6 is 0 Å². The van der Waals surface area contributed by atoms with Crippen molar-refractivity contribution in [3.63, 3.8) is 0 Å². The van der Waals surface area contributed by atoms with Crippen LogP contribution < -0.4 is 21.3 Å². The molecule has 3 rings (SSSR count). The van der Waals surface area contributed by atoms with E-state index in [4.69, 9.17) is 4.74 Å². The average molecular weight is 628 g/mol. The van der Waals surface area contributed by atoms with Crippen LogP contribution in [0.3, 0.4) is 0 Å².